The largest absolute Gasteiger partial charge is 0.493 e. The average Bonchev–Trinajstić information content (AvgIpc) is 3.34. The third kappa shape index (κ3) is 5.05. The van der Waals surface area contributed by atoms with Crippen LogP contribution in [0.15, 0.2) is 83.4 Å². The van der Waals surface area contributed by atoms with Crippen LogP contribution in [0.4, 0.5) is 16.0 Å². The first-order valence-electron chi connectivity index (χ1n) is 11.7. The van der Waals surface area contributed by atoms with E-state index in [1.165, 1.54) is 17.8 Å². The maximum absolute atomic E-state index is 14.2. The van der Waals surface area contributed by atoms with Gasteiger partial charge in [-0.15, -0.1) is 5.10 Å². The zero-order valence-electron chi connectivity index (χ0n) is 20.9. The number of methoxy groups -OCH3 is 2. The van der Waals surface area contributed by atoms with Gasteiger partial charge in [0.05, 0.1) is 31.7 Å². The van der Waals surface area contributed by atoms with Crippen LogP contribution in [-0.2, 0) is 10.5 Å². The van der Waals surface area contributed by atoms with Gasteiger partial charge in [-0.25, -0.2) is 9.07 Å². The molecule has 2 aromatic heterocycles. The molecule has 1 amide bonds. The van der Waals surface area contributed by atoms with E-state index in [1.54, 1.807) is 67.7 Å². The molecular formula is C27H25FN6O3S. The van der Waals surface area contributed by atoms with E-state index in [1.807, 2.05) is 19.1 Å². The van der Waals surface area contributed by atoms with Gasteiger partial charge in [0.15, 0.2) is 11.5 Å². The fourth-order valence-electron chi connectivity index (χ4n) is 4.21. The molecule has 0 aliphatic carbocycles. The Kier molecular flexibility index (Phi) is 7.27. The summed E-state index contributed by atoms with van der Waals surface area (Å²) in [5.41, 5.74) is 2.94. The number of thioether (sulfide) groups is 1. The molecule has 4 aromatic rings. The molecule has 1 aliphatic rings. The van der Waals surface area contributed by atoms with E-state index < -0.39 is 6.04 Å². The average molecular weight is 533 g/mol. The third-order valence-corrected chi connectivity index (χ3v) is 6.92. The number of anilines is 2. The maximum Gasteiger partial charge on any atom is 0.255 e. The lowest BCUT2D eigenvalue weighted by molar-refractivity contribution is -0.113. The molecular weight excluding hydrogens is 507 g/mol. The number of nitrogens with zero attached hydrogens (tertiary/aromatic N) is 4. The normalized spacial score (nSPS) is 14.5. The van der Waals surface area contributed by atoms with E-state index in [9.17, 15) is 9.18 Å². The number of hydrogen-bond donors (Lipinski definition) is 2. The summed E-state index contributed by atoms with van der Waals surface area (Å²) >= 11 is 1.31. The Balaban J connectivity index is 1.54. The lowest BCUT2D eigenvalue weighted by Crippen LogP contribution is -2.31. The van der Waals surface area contributed by atoms with Crippen LogP contribution in [0.25, 0.3) is 0 Å². The number of hydrogen-bond acceptors (Lipinski definition) is 8. The number of fused-ring (bicyclic) bond motifs is 1. The monoisotopic (exact) mass is 532 g/mol. The Morgan fingerprint density at radius 3 is 2.68 bits per heavy atom. The zero-order chi connectivity index (χ0) is 26.6. The van der Waals surface area contributed by atoms with E-state index in [2.05, 4.69) is 20.6 Å². The molecule has 5 rings (SSSR count). The number of pyridine rings is 1. The van der Waals surface area contributed by atoms with Crippen molar-refractivity contribution in [1.82, 2.24) is 19.7 Å². The molecule has 0 saturated carbocycles. The number of allylic oxidation sites excluding steroid dienone is 1. The number of halogens is 1. The minimum absolute atomic E-state index is 0.280. The number of carbonyl (C=O) groups is 1. The zero-order valence-corrected chi connectivity index (χ0v) is 21.8. The van der Waals surface area contributed by atoms with Crippen LogP contribution in [0.5, 0.6) is 11.5 Å². The summed E-state index contributed by atoms with van der Waals surface area (Å²) in [4.78, 5) is 22.3. The van der Waals surface area contributed by atoms with Crippen molar-refractivity contribution in [3.8, 4) is 11.5 Å². The Hall–Kier alpha value is -4.38. The molecule has 0 saturated heterocycles. The SMILES string of the molecule is COc1ccc(C2C(C(=O)Nc3cccnc3)=C(C)Nc3nc(SCc4ccccc4F)nn32)cc1OC. The standard InChI is InChI=1S/C27H25FN6O3S/c1-16-23(25(35)31-19-8-6-12-29-14-19)24(17-10-11-21(36-2)22(13-17)37-3)34-26(30-16)32-27(33-34)38-15-18-7-4-5-9-20(18)28/h4-14,24H,15H2,1-3H3,(H,31,35)(H,30,32,33). The topological polar surface area (TPSA) is 103 Å². The number of amides is 1. The maximum atomic E-state index is 14.2. The summed E-state index contributed by atoms with van der Waals surface area (Å²) in [6.45, 7) is 1.82. The second-order valence-electron chi connectivity index (χ2n) is 8.42. The van der Waals surface area contributed by atoms with Crippen molar-refractivity contribution < 1.29 is 18.7 Å². The molecule has 1 atom stereocenters. The minimum atomic E-state index is -0.627. The van der Waals surface area contributed by atoms with Gasteiger partial charge in [0, 0.05) is 17.6 Å². The van der Waals surface area contributed by atoms with Crippen molar-refractivity contribution in [2.24, 2.45) is 0 Å². The van der Waals surface area contributed by atoms with Crippen LogP contribution in [0.1, 0.15) is 24.1 Å². The van der Waals surface area contributed by atoms with Gasteiger partial charge in [-0.3, -0.25) is 9.78 Å². The van der Waals surface area contributed by atoms with E-state index in [0.29, 0.717) is 50.9 Å². The molecule has 3 heterocycles. The molecule has 0 fully saturated rings. The van der Waals surface area contributed by atoms with Crippen LogP contribution in [0.2, 0.25) is 0 Å². The van der Waals surface area contributed by atoms with Crippen LogP contribution < -0.4 is 20.1 Å². The van der Waals surface area contributed by atoms with E-state index in [0.717, 1.165) is 5.56 Å². The first-order chi connectivity index (χ1) is 18.5. The van der Waals surface area contributed by atoms with Crippen molar-refractivity contribution in [3.05, 3.63) is 95.2 Å². The highest BCUT2D eigenvalue weighted by molar-refractivity contribution is 7.98. The van der Waals surface area contributed by atoms with Crippen LogP contribution in [0, 0.1) is 5.82 Å². The van der Waals surface area contributed by atoms with Gasteiger partial charge in [-0.1, -0.05) is 36.0 Å². The van der Waals surface area contributed by atoms with E-state index >= 15 is 0 Å². The fourth-order valence-corrected chi connectivity index (χ4v) is 5.03. The Bertz CT molecular complexity index is 1510. The highest BCUT2D eigenvalue weighted by Crippen LogP contribution is 2.40. The smallest absolute Gasteiger partial charge is 0.255 e. The van der Waals surface area contributed by atoms with Crippen molar-refractivity contribution in [1.29, 1.82) is 0 Å². The highest BCUT2D eigenvalue weighted by Gasteiger charge is 2.35. The van der Waals surface area contributed by atoms with E-state index in [4.69, 9.17) is 14.6 Å². The third-order valence-electron chi connectivity index (χ3n) is 6.04. The summed E-state index contributed by atoms with van der Waals surface area (Å²) in [5.74, 6) is 1.31. The fraction of sp³-hybridized carbons (Fsp3) is 0.185. The summed E-state index contributed by atoms with van der Waals surface area (Å²) in [6.07, 6.45) is 3.21. The number of benzene rings is 2. The predicted octanol–water partition coefficient (Wildman–Crippen LogP) is 5.05. The Morgan fingerprint density at radius 2 is 1.95 bits per heavy atom. The van der Waals surface area contributed by atoms with Gasteiger partial charge in [0.2, 0.25) is 11.1 Å². The summed E-state index contributed by atoms with van der Waals surface area (Å²) in [5, 5.41) is 11.3. The van der Waals surface area contributed by atoms with Gasteiger partial charge < -0.3 is 20.1 Å². The molecule has 0 radical (unpaired) electrons. The van der Waals surface area contributed by atoms with Gasteiger partial charge in [-0.2, -0.15) is 4.98 Å². The molecule has 1 aliphatic heterocycles. The van der Waals surface area contributed by atoms with E-state index in [-0.39, 0.29) is 11.7 Å². The predicted molar refractivity (Wildman–Crippen MR) is 143 cm³/mol. The van der Waals surface area contributed by atoms with Crippen molar-refractivity contribution in [2.75, 3.05) is 24.9 Å². The van der Waals surface area contributed by atoms with Gasteiger partial charge in [0.1, 0.15) is 11.9 Å². The molecule has 1 unspecified atom stereocenters. The molecule has 194 valence electrons. The molecule has 0 bridgehead atoms. The molecule has 2 aromatic carbocycles. The Labute approximate surface area is 223 Å². The van der Waals surface area contributed by atoms with Crippen molar-refractivity contribution >= 4 is 29.3 Å². The first kappa shape index (κ1) is 25.3. The number of aromatic nitrogens is 4. The second kappa shape index (κ2) is 10.9. The molecule has 9 nitrogen and oxygen atoms in total. The molecule has 11 heteroatoms. The number of nitrogens with one attached hydrogen (secondary N) is 2. The first-order valence-corrected chi connectivity index (χ1v) is 12.7. The van der Waals surface area contributed by atoms with Gasteiger partial charge >= 0.3 is 0 Å². The minimum Gasteiger partial charge on any atom is -0.493 e. The molecule has 2 N–H and O–H groups in total. The quantitative estimate of drug-likeness (QED) is 0.304. The second-order valence-corrected chi connectivity index (χ2v) is 9.36. The Morgan fingerprint density at radius 1 is 1.13 bits per heavy atom. The number of ether oxygens (including phenoxy) is 2. The lowest BCUT2D eigenvalue weighted by Gasteiger charge is -2.29. The van der Waals surface area contributed by atoms with Crippen molar-refractivity contribution in [3.63, 3.8) is 0 Å². The van der Waals surface area contributed by atoms with Crippen LogP contribution in [0.3, 0.4) is 0 Å². The van der Waals surface area contributed by atoms with Gasteiger partial charge in [-0.05, 0) is 48.4 Å². The summed E-state index contributed by atoms with van der Waals surface area (Å²) < 4.78 is 26.8. The lowest BCUT2D eigenvalue weighted by atomic mass is 9.94. The highest BCUT2D eigenvalue weighted by atomic mass is 32.2. The molecule has 38 heavy (non-hydrogen) atoms. The summed E-state index contributed by atoms with van der Waals surface area (Å²) in [6, 6.07) is 15.0. The molecule has 0 spiro atoms. The van der Waals surface area contributed by atoms with Crippen molar-refractivity contribution in [2.45, 2.75) is 23.9 Å². The van der Waals surface area contributed by atoms with Crippen LogP contribution in [-0.4, -0.2) is 39.9 Å². The summed E-state index contributed by atoms with van der Waals surface area (Å²) in [7, 11) is 3.12. The number of rotatable bonds is 8. The van der Waals surface area contributed by atoms with Gasteiger partial charge in [0.25, 0.3) is 5.91 Å². The van der Waals surface area contributed by atoms with Crippen LogP contribution >= 0.6 is 11.8 Å². The number of carbonyl (C=O) groups excluding carboxylic acids is 1.